The zero-order chi connectivity index (χ0) is 22.7. The van der Waals surface area contributed by atoms with Crippen LogP contribution in [0, 0.1) is 0 Å². The van der Waals surface area contributed by atoms with Gasteiger partial charge in [-0.1, -0.05) is 6.07 Å². The van der Waals surface area contributed by atoms with Gasteiger partial charge in [0.2, 0.25) is 0 Å². The number of anilines is 1. The number of fused-ring (bicyclic) bond motifs is 1. The Morgan fingerprint density at radius 3 is 2.55 bits per heavy atom. The second-order valence-electron chi connectivity index (χ2n) is 7.74. The van der Waals surface area contributed by atoms with E-state index in [1.54, 1.807) is 35.2 Å². The predicted molar refractivity (Wildman–Crippen MR) is 114 cm³/mol. The molecule has 31 heavy (non-hydrogen) atoms. The molecule has 1 aromatic heterocycles. The van der Waals surface area contributed by atoms with Crippen LogP contribution in [-0.2, 0) is 0 Å². The van der Waals surface area contributed by atoms with Gasteiger partial charge in [0.25, 0.3) is 11.8 Å². The van der Waals surface area contributed by atoms with Gasteiger partial charge in [-0.2, -0.15) is 0 Å². The summed E-state index contributed by atoms with van der Waals surface area (Å²) in [5.74, 6) is -0.379. The molecule has 0 saturated carbocycles. The van der Waals surface area contributed by atoms with Gasteiger partial charge < -0.3 is 25.0 Å². The molecule has 2 heterocycles. The first-order valence-electron chi connectivity index (χ1n) is 9.98. The van der Waals surface area contributed by atoms with Gasteiger partial charge >= 0.3 is 6.09 Å². The van der Waals surface area contributed by atoms with Gasteiger partial charge in [0.15, 0.2) is 5.75 Å². The van der Waals surface area contributed by atoms with Crippen molar-refractivity contribution in [1.82, 2.24) is 14.8 Å². The summed E-state index contributed by atoms with van der Waals surface area (Å²) in [7, 11) is 1.45. The molecule has 2 atom stereocenters. The average Bonchev–Trinajstić information content (AvgIpc) is 2.84. The van der Waals surface area contributed by atoms with Crippen molar-refractivity contribution in [2.24, 2.45) is 0 Å². The molecule has 0 spiro atoms. The summed E-state index contributed by atoms with van der Waals surface area (Å²) in [5, 5.41) is 12.1. The van der Waals surface area contributed by atoms with Crippen LogP contribution >= 0.6 is 0 Å². The molecule has 9 nitrogen and oxygen atoms in total. The van der Waals surface area contributed by atoms with E-state index in [0.29, 0.717) is 16.8 Å². The molecule has 0 saturated heterocycles. The Hall–Kier alpha value is -3.62. The van der Waals surface area contributed by atoms with Crippen LogP contribution in [0.2, 0.25) is 0 Å². The van der Waals surface area contributed by atoms with Crippen LogP contribution in [0.1, 0.15) is 41.5 Å². The molecule has 0 fully saturated rings. The minimum Gasteiger partial charge on any atom is -0.483 e. The number of rotatable bonds is 5. The van der Waals surface area contributed by atoms with Crippen molar-refractivity contribution in [3.05, 3.63) is 53.9 Å². The maximum atomic E-state index is 13.4. The largest absolute Gasteiger partial charge is 0.483 e. The van der Waals surface area contributed by atoms with Gasteiger partial charge in [-0.15, -0.1) is 0 Å². The standard InChI is InChI=1S/C22H26N4O5/c1-13(2)26-14(3)18(12-25(4)22(29)30)31-19-16(21(26)28)6-5-7-17(19)24-20(27)15-8-10-23-11-9-15/h5-11,13-14,18H,12H2,1-4H3,(H,24,27)(H,29,30)/t14-,18-/m1/s1. The molecule has 1 aliphatic rings. The number of carboxylic acid groups (broad SMARTS) is 1. The van der Waals surface area contributed by atoms with Crippen molar-refractivity contribution in [2.45, 2.75) is 39.0 Å². The summed E-state index contributed by atoms with van der Waals surface area (Å²) in [6.45, 7) is 5.68. The Bertz CT molecular complexity index is 979. The molecular formula is C22H26N4O5. The van der Waals surface area contributed by atoms with E-state index in [9.17, 15) is 19.5 Å². The van der Waals surface area contributed by atoms with E-state index < -0.39 is 18.2 Å². The minimum absolute atomic E-state index is 0.0546. The fraction of sp³-hybridized carbons (Fsp3) is 0.364. The third-order valence-corrected chi connectivity index (χ3v) is 5.25. The van der Waals surface area contributed by atoms with Crippen LogP contribution in [0.5, 0.6) is 5.75 Å². The highest BCUT2D eigenvalue weighted by atomic mass is 16.5. The van der Waals surface area contributed by atoms with Crippen LogP contribution in [0.3, 0.4) is 0 Å². The van der Waals surface area contributed by atoms with Crippen molar-refractivity contribution in [3.8, 4) is 5.75 Å². The van der Waals surface area contributed by atoms with Crippen molar-refractivity contribution in [3.63, 3.8) is 0 Å². The number of nitrogens with zero attached hydrogens (tertiary/aromatic N) is 3. The predicted octanol–water partition coefficient (Wildman–Crippen LogP) is 2.94. The molecule has 1 aliphatic heterocycles. The lowest BCUT2D eigenvalue weighted by atomic mass is 10.1. The van der Waals surface area contributed by atoms with E-state index in [0.717, 1.165) is 4.90 Å². The zero-order valence-corrected chi connectivity index (χ0v) is 17.9. The minimum atomic E-state index is -1.10. The summed E-state index contributed by atoms with van der Waals surface area (Å²) < 4.78 is 6.21. The second-order valence-corrected chi connectivity index (χ2v) is 7.74. The summed E-state index contributed by atoms with van der Waals surface area (Å²) in [6.07, 6.45) is 1.30. The quantitative estimate of drug-likeness (QED) is 0.760. The van der Waals surface area contributed by atoms with E-state index in [2.05, 4.69) is 10.3 Å². The Morgan fingerprint density at radius 1 is 1.26 bits per heavy atom. The number of carbonyl (C=O) groups excluding carboxylic acids is 2. The monoisotopic (exact) mass is 426 g/mol. The Balaban J connectivity index is 2.02. The second kappa shape index (κ2) is 9.03. The van der Waals surface area contributed by atoms with E-state index in [4.69, 9.17) is 4.74 Å². The molecule has 3 amide bonds. The number of carbonyl (C=O) groups is 3. The summed E-state index contributed by atoms with van der Waals surface area (Å²) in [4.78, 5) is 44.1. The highest BCUT2D eigenvalue weighted by molar-refractivity contribution is 6.07. The molecule has 0 bridgehead atoms. The number of likely N-dealkylation sites (N-methyl/N-ethyl adjacent to an activating group) is 1. The summed E-state index contributed by atoms with van der Waals surface area (Å²) >= 11 is 0. The van der Waals surface area contributed by atoms with Gasteiger partial charge in [0.1, 0.15) is 6.10 Å². The number of ether oxygens (including phenoxy) is 1. The fourth-order valence-electron chi connectivity index (χ4n) is 3.62. The average molecular weight is 426 g/mol. The first-order chi connectivity index (χ1) is 14.7. The lowest BCUT2D eigenvalue weighted by molar-refractivity contribution is 0.0387. The molecule has 164 valence electrons. The molecule has 0 aliphatic carbocycles. The highest BCUT2D eigenvalue weighted by Gasteiger charge is 2.38. The Labute approximate surface area is 180 Å². The van der Waals surface area contributed by atoms with Crippen LogP contribution in [0.4, 0.5) is 10.5 Å². The molecule has 1 aromatic carbocycles. The number of para-hydroxylation sites is 1. The normalized spacial score (nSPS) is 18.1. The van der Waals surface area contributed by atoms with Crippen molar-refractivity contribution in [2.75, 3.05) is 18.9 Å². The molecule has 0 radical (unpaired) electrons. The molecule has 2 N–H and O–H groups in total. The molecule has 2 aromatic rings. The molecule has 3 rings (SSSR count). The maximum absolute atomic E-state index is 13.4. The van der Waals surface area contributed by atoms with Gasteiger partial charge in [-0.05, 0) is 45.0 Å². The Morgan fingerprint density at radius 2 is 1.94 bits per heavy atom. The van der Waals surface area contributed by atoms with Crippen LogP contribution in [0.25, 0.3) is 0 Å². The molecule has 9 heteroatoms. The van der Waals surface area contributed by atoms with Crippen LogP contribution in [-0.4, -0.2) is 69.6 Å². The number of aromatic nitrogens is 1. The van der Waals surface area contributed by atoms with Crippen molar-refractivity contribution < 1.29 is 24.2 Å². The lowest BCUT2D eigenvalue weighted by Gasteiger charge is -2.35. The fourth-order valence-corrected chi connectivity index (χ4v) is 3.62. The van der Waals surface area contributed by atoms with Gasteiger partial charge in [0.05, 0.1) is 23.8 Å². The summed E-state index contributed by atoms with van der Waals surface area (Å²) in [5.41, 5.74) is 1.06. The maximum Gasteiger partial charge on any atom is 0.407 e. The smallest absolute Gasteiger partial charge is 0.407 e. The van der Waals surface area contributed by atoms with Gasteiger partial charge in [-0.25, -0.2) is 4.79 Å². The topological polar surface area (TPSA) is 112 Å². The summed E-state index contributed by atoms with van der Waals surface area (Å²) in [6, 6.07) is 7.60. The number of pyridine rings is 1. The zero-order valence-electron chi connectivity index (χ0n) is 17.9. The lowest BCUT2D eigenvalue weighted by Crippen LogP contribution is -2.52. The number of amides is 3. The van der Waals surface area contributed by atoms with E-state index in [1.165, 1.54) is 19.4 Å². The SMILES string of the molecule is CC(C)N1C(=O)c2cccc(NC(=O)c3ccncc3)c2O[C@H](CN(C)C(=O)O)[C@H]1C. The van der Waals surface area contributed by atoms with E-state index in [1.807, 2.05) is 20.8 Å². The first kappa shape index (κ1) is 22.1. The van der Waals surface area contributed by atoms with Gasteiger partial charge in [-0.3, -0.25) is 14.6 Å². The van der Waals surface area contributed by atoms with E-state index >= 15 is 0 Å². The van der Waals surface area contributed by atoms with Crippen LogP contribution < -0.4 is 10.1 Å². The highest BCUT2D eigenvalue weighted by Crippen LogP contribution is 2.36. The van der Waals surface area contributed by atoms with Crippen molar-refractivity contribution in [1.29, 1.82) is 0 Å². The van der Waals surface area contributed by atoms with Crippen LogP contribution in [0.15, 0.2) is 42.7 Å². The number of nitrogens with one attached hydrogen (secondary N) is 1. The van der Waals surface area contributed by atoms with Gasteiger partial charge in [0, 0.05) is 31.0 Å². The number of hydrogen-bond acceptors (Lipinski definition) is 5. The molecule has 0 unspecified atom stereocenters. The Kier molecular flexibility index (Phi) is 6.43. The molecular weight excluding hydrogens is 400 g/mol. The van der Waals surface area contributed by atoms with Crippen molar-refractivity contribution >= 4 is 23.6 Å². The van der Waals surface area contributed by atoms with E-state index in [-0.39, 0.29) is 30.2 Å². The third kappa shape index (κ3) is 4.60. The number of benzene rings is 1. The third-order valence-electron chi connectivity index (χ3n) is 5.25. The first-order valence-corrected chi connectivity index (χ1v) is 9.98. The number of hydrogen-bond donors (Lipinski definition) is 2.